The van der Waals surface area contributed by atoms with E-state index in [1.54, 1.807) is 0 Å². The van der Waals surface area contributed by atoms with Crippen molar-refractivity contribution in [1.82, 2.24) is 0 Å². The molecule has 0 amide bonds. The molecular formula is C25H28O2. The summed E-state index contributed by atoms with van der Waals surface area (Å²) in [5, 5.41) is 0. The summed E-state index contributed by atoms with van der Waals surface area (Å²) in [6.45, 7) is 6.43. The first-order chi connectivity index (χ1) is 13.2. The Morgan fingerprint density at radius 2 is 1.07 bits per heavy atom. The van der Waals surface area contributed by atoms with Gasteiger partial charge in [0.2, 0.25) is 0 Å². The van der Waals surface area contributed by atoms with Crippen molar-refractivity contribution in [3.05, 3.63) is 83.4 Å². The molecule has 0 heterocycles. The van der Waals surface area contributed by atoms with E-state index < -0.39 is 0 Å². The van der Waals surface area contributed by atoms with Gasteiger partial charge in [-0.2, -0.15) is 0 Å². The zero-order valence-electron chi connectivity index (χ0n) is 16.5. The Labute approximate surface area is 162 Å². The van der Waals surface area contributed by atoms with Crippen molar-refractivity contribution in [2.45, 2.75) is 46.5 Å². The number of benzene rings is 3. The van der Waals surface area contributed by atoms with Gasteiger partial charge in [-0.3, -0.25) is 0 Å². The van der Waals surface area contributed by atoms with Gasteiger partial charge in [0, 0.05) is 6.07 Å². The van der Waals surface area contributed by atoms with Crippen molar-refractivity contribution in [3.63, 3.8) is 0 Å². The molecule has 0 N–H and O–H groups in total. The molecule has 0 saturated heterocycles. The van der Waals surface area contributed by atoms with Gasteiger partial charge in [-0.25, -0.2) is 0 Å². The topological polar surface area (TPSA) is 18.5 Å². The maximum Gasteiger partial charge on any atom is 0.134 e. The van der Waals surface area contributed by atoms with Crippen LogP contribution in [-0.4, -0.2) is 0 Å². The van der Waals surface area contributed by atoms with Crippen LogP contribution in [-0.2, 0) is 12.8 Å². The van der Waals surface area contributed by atoms with Crippen LogP contribution in [0.25, 0.3) is 0 Å². The highest BCUT2D eigenvalue weighted by Crippen LogP contribution is 2.31. The van der Waals surface area contributed by atoms with Crippen LogP contribution in [0.2, 0.25) is 0 Å². The normalized spacial score (nSPS) is 10.6. The van der Waals surface area contributed by atoms with Gasteiger partial charge in [0.25, 0.3) is 0 Å². The average molecular weight is 360 g/mol. The third-order valence-corrected chi connectivity index (χ3v) is 4.55. The van der Waals surface area contributed by atoms with E-state index in [2.05, 4.69) is 38.1 Å². The minimum atomic E-state index is 0.779. The summed E-state index contributed by atoms with van der Waals surface area (Å²) in [5.41, 5.74) is 3.76. The van der Waals surface area contributed by atoms with Gasteiger partial charge in [-0.1, -0.05) is 57.0 Å². The summed E-state index contributed by atoms with van der Waals surface area (Å²) in [6, 6.07) is 22.6. The van der Waals surface area contributed by atoms with Crippen molar-refractivity contribution < 1.29 is 9.47 Å². The summed E-state index contributed by atoms with van der Waals surface area (Å²) in [5.74, 6) is 3.28. The molecule has 0 aliphatic carbocycles. The van der Waals surface area contributed by atoms with E-state index in [4.69, 9.17) is 9.47 Å². The van der Waals surface area contributed by atoms with Crippen LogP contribution < -0.4 is 9.47 Å². The maximum atomic E-state index is 6.09. The third kappa shape index (κ3) is 5.37. The first-order valence-electron chi connectivity index (χ1n) is 9.82. The van der Waals surface area contributed by atoms with Crippen LogP contribution in [0.5, 0.6) is 23.0 Å². The van der Waals surface area contributed by atoms with Gasteiger partial charge >= 0.3 is 0 Å². The quantitative estimate of drug-likeness (QED) is 0.414. The van der Waals surface area contributed by atoms with Gasteiger partial charge in [-0.15, -0.1) is 0 Å². The molecule has 0 bridgehead atoms. The molecule has 0 radical (unpaired) electrons. The van der Waals surface area contributed by atoms with E-state index in [9.17, 15) is 0 Å². The van der Waals surface area contributed by atoms with Crippen LogP contribution >= 0.6 is 0 Å². The molecule has 140 valence electrons. The minimum absolute atomic E-state index is 0.779. The van der Waals surface area contributed by atoms with Crippen molar-refractivity contribution >= 4 is 0 Å². The smallest absolute Gasteiger partial charge is 0.134 e. The van der Waals surface area contributed by atoms with Gasteiger partial charge < -0.3 is 9.47 Å². The molecule has 3 rings (SSSR count). The Kier molecular flexibility index (Phi) is 6.54. The molecule has 0 aromatic heterocycles. The number of hydrogen-bond donors (Lipinski definition) is 0. The van der Waals surface area contributed by atoms with Gasteiger partial charge in [0.15, 0.2) is 0 Å². The predicted molar refractivity (Wildman–Crippen MR) is 112 cm³/mol. The highest BCUT2D eigenvalue weighted by atomic mass is 16.5. The second-order valence-corrected chi connectivity index (χ2v) is 6.92. The van der Waals surface area contributed by atoms with E-state index in [-0.39, 0.29) is 0 Å². The van der Waals surface area contributed by atoms with E-state index >= 15 is 0 Å². The van der Waals surface area contributed by atoms with Crippen LogP contribution in [0.4, 0.5) is 0 Å². The fourth-order valence-corrected chi connectivity index (χ4v) is 3.04. The first-order valence-corrected chi connectivity index (χ1v) is 9.82. The van der Waals surface area contributed by atoms with Crippen molar-refractivity contribution in [3.8, 4) is 23.0 Å². The first kappa shape index (κ1) is 19.0. The molecular weight excluding hydrogens is 332 g/mol. The lowest BCUT2D eigenvalue weighted by Crippen LogP contribution is -1.91. The molecule has 0 unspecified atom stereocenters. The predicted octanol–water partition coefficient (Wildman–Crippen LogP) is 7.48. The second-order valence-electron chi connectivity index (χ2n) is 6.92. The second kappa shape index (κ2) is 9.27. The Morgan fingerprint density at radius 1 is 0.593 bits per heavy atom. The summed E-state index contributed by atoms with van der Waals surface area (Å²) >= 11 is 0. The molecule has 3 aromatic carbocycles. The number of hydrogen-bond acceptors (Lipinski definition) is 2. The van der Waals surface area contributed by atoms with Crippen molar-refractivity contribution in [2.75, 3.05) is 0 Å². The lowest BCUT2D eigenvalue weighted by molar-refractivity contribution is 0.457. The fraction of sp³-hybridized carbons (Fsp3) is 0.280. The lowest BCUT2D eigenvalue weighted by atomic mass is 10.1. The lowest BCUT2D eigenvalue weighted by Gasteiger charge is -2.12. The van der Waals surface area contributed by atoms with Gasteiger partial charge in [0.05, 0.1) is 0 Å². The Balaban J connectivity index is 1.71. The van der Waals surface area contributed by atoms with Gasteiger partial charge in [-0.05, 0) is 66.8 Å². The highest BCUT2D eigenvalue weighted by Gasteiger charge is 2.06. The van der Waals surface area contributed by atoms with Crippen LogP contribution in [0.1, 0.15) is 43.4 Å². The summed E-state index contributed by atoms with van der Waals surface area (Å²) < 4.78 is 12.1. The standard InChI is InChI=1S/C25H28O2/c1-4-6-20-9-14-22(15-10-20)26-24-13-8-19(3)25(18-24)27-23-16-11-21(7-5-2)12-17-23/h8-18H,4-7H2,1-3H3. The average Bonchev–Trinajstić information content (AvgIpc) is 2.68. The SMILES string of the molecule is CCCc1ccc(Oc2ccc(C)c(Oc3ccc(CCC)cc3)c2)cc1. The van der Waals surface area contributed by atoms with E-state index in [1.807, 2.05) is 49.4 Å². The van der Waals surface area contributed by atoms with Crippen LogP contribution in [0, 0.1) is 6.92 Å². The van der Waals surface area contributed by atoms with E-state index in [0.29, 0.717) is 0 Å². The largest absolute Gasteiger partial charge is 0.457 e. The van der Waals surface area contributed by atoms with Crippen molar-refractivity contribution in [1.29, 1.82) is 0 Å². The molecule has 0 spiro atoms. The monoisotopic (exact) mass is 360 g/mol. The molecule has 0 atom stereocenters. The van der Waals surface area contributed by atoms with E-state index in [1.165, 1.54) is 11.1 Å². The Bertz CT molecular complexity index is 848. The summed E-state index contributed by atoms with van der Waals surface area (Å²) in [6.07, 6.45) is 4.50. The van der Waals surface area contributed by atoms with Crippen molar-refractivity contribution in [2.24, 2.45) is 0 Å². The Morgan fingerprint density at radius 3 is 1.59 bits per heavy atom. The fourth-order valence-electron chi connectivity index (χ4n) is 3.04. The Hall–Kier alpha value is -2.74. The molecule has 3 aromatic rings. The molecule has 0 fully saturated rings. The van der Waals surface area contributed by atoms with Gasteiger partial charge in [0.1, 0.15) is 23.0 Å². The zero-order chi connectivity index (χ0) is 19.1. The molecule has 0 saturated carbocycles. The maximum absolute atomic E-state index is 6.09. The highest BCUT2D eigenvalue weighted by molar-refractivity contribution is 5.44. The molecule has 2 nitrogen and oxygen atoms in total. The summed E-state index contributed by atoms with van der Waals surface area (Å²) in [7, 11) is 0. The number of ether oxygens (including phenoxy) is 2. The van der Waals surface area contributed by atoms with E-state index in [0.717, 1.165) is 54.2 Å². The molecule has 0 aliphatic heterocycles. The van der Waals surface area contributed by atoms with Crippen LogP contribution in [0.15, 0.2) is 66.7 Å². The number of aryl methyl sites for hydroxylation is 3. The molecule has 0 aliphatic rings. The minimum Gasteiger partial charge on any atom is -0.457 e. The zero-order valence-corrected chi connectivity index (χ0v) is 16.5. The van der Waals surface area contributed by atoms with Crippen LogP contribution in [0.3, 0.4) is 0 Å². The molecule has 2 heteroatoms. The molecule has 27 heavy (non-hydrogen) atoms. The number of rotatable bonds is 8. The summed E-state index contributed by atoms with van der Waals surface area (Å²) in [4.78, 5) is 0. The third-order valence-electron chi connectivity index (χ3n) is 4.55.